The number of carbonyl (C=O) groups is 1. The summed E-state index contributed by atoms with van der Waals surface area (Å²) < 4.78 is 42.0. The molecule has 0 spiro atoms. The van der Waals surface area contributed by atoms with E-state index in [2.05, 4.69) is 25.3 Å². The number of carboxylic acid groups (broad SMARTS) is 1. The van der Waals surface area contributed by atoms with Gasteiger partial charge >= 0.3 is 5.97 Å². The van der Waals surface area contributed by atoms with Crippen LogP contribution in [0, 0.1) is 17.0 Å². The third kappa shape index (κ3) is 7.01. The molecule has 3 aromatic heterocycles. The Kier molecular flexibility index (Phi) is 9.17. The number of aliphatic carboxylic acids is 1. The van der Waals surface area contributed by atoms with E-state index in [1.807, 2.05) is 17.9 Å². The number of aromatic nitrogens is 4. The molecule has 1 saturated heterocycles. The predicted octanol–water partition coefficient (Wildman–Crippen LogP) is 6.06. The van der Waals surface area contributed by atoms with Gasteiger partial charge in [-0.15, -0.1) is 0 Å². The van der Waals surface area contributed by atoms with Crippen LogP contribution in [0.2, 0.25) is 0 Å². The van der Waals surface area contributed by atoms with Gasteiger partial charge < -0.3 is 24.8 Å². The molecular formula is C32H34F2N6O4. The third-order valence-electron chi connectivity index (χ3n) is 7.33. The van der Waals surface area contributed by atoms with Gasteiger partial charge in [-0.3, -0.25) is 14.8 Å². The van der Waals surface area contributed by atoms with E-state index in [4.69, 9.17) is 9.47 Å². The quantitative estimate of drug-likeness (QED) is 0.209. The number of hydrogen-bond donors (Lipinski definition) is 2. The van der Waals surface area contributed by atoms with Crippen LogP contribution in [0.4, 0.5) is 26.1 Å². The summed E-state index contributed by atoms with van der Waals surface area (Å²) in [5.74, 6) is -0.410. The second-order valence-electron chi connectivity index (χ2n) is 11.1. The van der Waals surface area contributed by atoms with Crippen molar-refractivity contribution in [2.75, 3.05) is 29.9 Å². The number of benzene rings is 1. The minimum absolute atomic E-state index is 0.0536. The van der Waals surface area contributed by atoms with Gasteiger partial charge in [0.25, 0.3) is 5.88 Å². The SMILES string of the molecule is CCOc1cccnc1OC1CCCN(c2cncc(Nc3ccnc(-c4cc(F)ccc4CC(C)(C)C(=O)O)c3F)n2)C1. The summed E-state index contributed by atoms with van der Waals surface area (Å²) in [4.78, 5) is 31.3. The zero-order chi connectivity index (χ0) is 31.3. The third-order valence-corrected chi connectivity index (χ3v) is 7.33. The fourth-order valence-corrected chi connectivity index (χ4v) is 5.04. The molecule has 0 aliphatic carbocycles. The number of halogens is 2. The lowest BCUT2D eigenvalue weighted by Gasteiger charge is -2.33. The molecule has 1 atom stereocenters. The molecule has 10 nitrogen and oxygen atoms in total. The van der Waals surface area contributed by atoms with Crippen molar-refractivity contribution in [1.82, 2.24) is 19.9 Å². The van der Waals surface area contributed by atoms with Gasteiger partial charge in [-0.1, -0.05) is 6.07 Å². The fraction of sp³-hybridized carbons (Fsp3) is 0.344. The van der Waals surface area contributed by atoms with Gasteiger partial charge in [-0.05, 0) is 75.9 Å². The lowest BCUT2D eigenvalue weighted by molar-refractivity contribution is -0.146. The van der Waals surface area contributed by atoms with E-state index in [1.54, 1.807) is 32.3 Å². The zero-order valence-corrected chi connectivity index (χ0v) is 24.8. The number of piperidine rings is 1. The number of ether oxygens (including phenoxy) is 2. The molecular weight excluding hydrogens is 570 g/mol. The number of carboxylic acids is 1. The maximum atomic E-state index is 15.9. The van der Waals surface area contributed by atoms with Crippen molar-refractivity contribution in [3.63, 3.8) is 0 Å². The summed E-state index contributed by atoms with van der Waals surface area (Å²) in [6.45, 7) is 6.80. The molecule has 4 heterocycles. The minimum Gasteiger partial charge on any atom is -0.488 e. The van der Waals surface area contributed by atoms with Gasteiger partial charge in [0.2, 0.25) is 0 Å². The van der Waals surface area contributed by atoms with Gasteiger partial charge in [0.1, 0.15) is 23.4 Å². The molecule has 1 aliphatic rings. The highest BCUT2D eigenvalue weighted by Crippen LogP contribution is 2.34. The van der Waals surface area contributed by atoms with Crippen molar-refractivity contribution in [2.45, 2.75) is 46.1 Å². The minimum atomic E-state index is -1.16. The van der Waals surface area contributed by atoms with Gasteiger partial charge in [-0.25, -0.2) is 18.7 Å². The Bertz CT molecular complexity index is 1640. The molecule has 0 saturated carbocycles. The molecule has 2 N–H and O–H groups in total. The summed E-state index contributed by atoms with van der Waals surface area (Å²) in [6, 6.07) is 8.92. The number of anilines is 3. The van der Waals surface area contributed by atoms with E-state index in [0.717, 1.165) is 19.4 Å². The van der Waals surface area contributed by atoms with Crippen molar-refractivity contribution < 1.29 is 28.2 Å². The van der Waals surface area contributed by atoms with Crippen molar-refractivity contribution in [1.29, 1.82) is 0 Å². The number of nitrogens with zero attached hydrogens (tertiary/aromatic N) is 5. The Balaban J connectivity index is 1.35. The summed E-state index contributed by atoms with van der Waals surface area (Å²) in [5.41, 5.74) is -0.555. The normalized spacial score (nSPS) is 15.1. The van der Waals surface area contributed by atoms with Crippen LogP contribution < -0.4 is 19.7 Å². The average Bonchev–Trinajstić information content (AvgIpc) is 3.00. The molecule has 1 aromatic carbocycles. The summed E-state index contributed by atoms with van der Waals surface area (Å²) >= 11 is 0. The summed E-state index contributed by atoms with van der Waals surface area (Å²) in [7, 11) is 0. The Morgan fingerprint density at radius 2 is 2.00 bits per heavy atom. The number of rotatable bonds is 11. The van der Waals surface area contributed by atoms with E-state index in [1.165, 1.54) is 36.7 Å². The van der Waals surface area contributed by atoms with Gasteiger partial charge in [0.15, 0.2) is 17.4 Å². The molecule has 1 fully saturated rings. The monoisotopic (exact) mass is 604 g/mol. The highest BCUT2D eigenvalue weighted by atomic mass is 19.1. The lowest BCUT2D eigenvalue weighted by Crippen LogP contribution is -2.41. The van der Waals surface area contributed by atoms with Gasteiger partial charge in [0, 0.05) is 24.5 Å². The first-order chi connectivity index (χ1) is 21.1. The highest BCUT2D eigenvalue weighted by Gasteiger charge is 2.30. The second-order valence-corrected chi connectivity index (χ2v) is 11.1. The summed E-state index contributed by atoms with van der Waals surface area (Å²) in [6.07, 6.45) is 7.77. The van der Waals surface area contributed by atoms with Crippen LogP contribution in [0.1, 0.15) is 39.2 Å². The van der Waals surface area contributed by atoms with E-state index in [-0.39, 0.29) is 29.5 Å². The Labute approximate surface area is 254 Å². The fourth-order valence-electron chi connectivity index (χ4n) is 5.04. The maximum absolute atomic E-state index is 15.9. The Hall–Kier alpha value is -4.87. The molecule has 12 heteroatoms. The van der Waals surface area contributed by atoms with Gasteiger partial charge in [0.05, 0.1) is 36.6 Å². The number of pyridine rings is 2. The average molecular weight is 605 g/mol. The molecule has 5 rings (SSSR count). The zero-order valence-electron chi connectivity index (χ0n) is 24.8. The predicted molar refractivity (Wildman–Crippen MR) is 161 cm³/mol. The molecule has 0 bridgehead atoms. The molecule has 230 valence electrons. The standard InChI is InChI=1S/C32H34F2N6O4/c1-4-43-25-8-5-12-37-30(25)44-22-7-6-14-40(19-22)27-18-35-17-26(39-27)38-24-11-13-36-29(28(24)34)23-15-21(33)10-9-20(23)16-32(2,3)31(41)42/h5,8-13,15,17-18,22H,4,6-7,14,16,19H2,1-3H3,(H,41,42)(H,36,38,39). The first-order valence-electron chi connectivity index (χ1n) is 14.4. The summed E-state index contributed by atoms with van der Waals surface area (Å²) in [5, 5.41) is 12.6. The van der Waals surface area contributed by atoms with Crippen LogP contribution in [-0.4, -0.2) is 56.8 Å². The van der Waals surface area contributed by atoms with Crippen molar-refractivity contribution in [2.24, 2.45) is 5.41 Å². The molecule has 44 heavy (non-hydrogen) atoms. The van der Waals surface area contributed by atoms with Crippen molar-refractivity contribution in [3.8, 4) is 22.9 Å². The second kappa shape index (κ2) is 13.2. The van der Waals surface area contributed by atoms with E-state index in [9.17, 15) is 14.3 Å². The van der Waals surface area contributed by atoms with Crippen LogP contribution in [0.25, 0.3) is 11.3 Å². The smallest absolute Gasteiger partial charge is 0.309 e. The maximum Gasteiger partial charge on any atom is 0.309 e. The van der Waals surface area contributed by atoms with Crippen LogP contribution in [0.15, 0.2) is 61.2 Å². The van der Waals surface area contributed by atoms with Crippen molar-refractivity contribution in [3.05, 3.63) is 78.4 Å². The number of nitrogens with one attached hydrogen (secondary N) is 1. The lowest BCUT2D eigenvalue weighted by atomic mass is 9.83. The molecule has 1 unspecified atom stereocenters. The van der Waals surface area contributed by atoms with E-state index >= 15 is 4.39 Å². The first kappa shape index (κ1) is 30.6. The molecule has 0 radical (unpaired) electrons. The van der Waals surface area contributed by atoms with Crippen molar-refractivity contribution >= 4 is 23.3 Å². The molecule has 4 aromatic rings. The van der Waals surface area contributed by atoms with E-state index in [0.29, 0.717) is 42.0 Å². The molecule has 0 amide bonds. The Morgan fingerprint density at radius 3 is 2.80 bits per heavy atom. The Morgan fingerprint density at radius 1 is 1.16 bits per heavy atom. The first-order valence-corrected chi connectivity index (χ1v) is 14.4. The van der Waals surface area contributed by atoms with Crippen LogP contribution >= 0.6 is 0 Å². The highest BCUT2D eigenvalue weighted by molar-refractivity contribution is 5.76. The van der Waals surface area contributed by atoms with Crippen LogP contribution in [0.5, 0.6) is 11.6 Å². The topological polar surface area (TPSA) is 123 Å². The van der Waals surface area contributed by atoms with Crippen LogP contribution in [-0.2, 0) is 11.2 Å². The largest absolute Gasteiger partial charge is 0.488 e. The van der Waals surface area contributed by atoms with Crippen LogP contribution in [0.3, 0.4) is 0 Å². The van der Waals surface area contributed by atoms with E-state index < -0.39 is 23.0 Å². The van der Waals surface area contributed by atoms with Gasteiger partial charge in [-0.2, -0.15) is 0 Å². The molecule has 1 aliphatic heterocycles. The number of hydrogen-bond acceptors (Lipinski definition) is 9.